The normalized spacial score (nSPS) is 10.3. The van der Waals surface area contributed by atoms with Crippen LogP contribution in [0.5, 0.6) is 0 Å². The Labute approximate surface area is 72.4 Å². The maximum Gasteiger partial charge on any atom is 0.253 e. The molecule has 0 saturated carbocycles. The molecule has 1 amide bonds. The van der Waals surface area contributed by atoms with Crippen LogP contribution >= 0.6 is 0 Å². The van der Waals surface area contributed by atoms with E-state index in [2.05, 4.69) is 5.32 Å². The fourth-order valence-electron chi connectivity index (χ4n) is 0.983. The minimum Gasteiger partial charge on any atom is -0.356 e. The predicted molar refractivity (Wildman–Crippen MR) is 48.0 cm³/mol. The van der Waals surface area contributed by atoms with Gasteiger partial charge in [0.1, 0.15) is 0 Å². The molecular formula is C9H14N2O. The molecule has 0 aromatic carbocycles. The lowest BCUT2D eigenvalue weighted by Gasteiger charge is -2.05. The van der Waals surface area contributed by atoms with Gasteiger partial charge in [-0.05, 0) is 19.9 Å². The summed E-state index contributed by atoms with van der Waals surface area (Å²) < 4.78 is 1.86. The summed E-state index contributed by atoms with van der Waals surface area (Å²) in [6.45, 7) is 3.89. The first-order valence-corrected chi connectivity index (χ1v) is 4.02. The molecular weight excluding hydrogens is 152 g/mol. The summed E-state index contributed by atoms with van der Waals surface area (Å²) in [5.74, 6) is -0.00870. The van der Waals surface area contributed by atoms with Gasteiger partial charge in [-0.15, -0.1) is 0 Å². The highest BCUT2D eigenvalue weighted by atomic mass is 16.1. The second kappa shape index (κ2) is 3.43. The van der Waals surface area contributed by atoms with E-state index in [0.717, 1.165) is 0 Å². The summed E-state index contributed by atoms with van der Waals surface area (Å²) in [5, 5.41) is 2.82. The SMILES string of the molecule is CC(C)NC(=O)c1ccn(C)c1. The molecule has 1 N–H and O–H groups in total. The third kappa shape index (κ3) is 2.12. The Hall–Kier alpha value is -1.25. The molecule has 3 heteroatoms. The molecule has 12 heavy (non-hydrogen) atoms. The second-order valence-electron chi connectivity index (χ2n) is 3.19. The number of amides is 1. The molecule has 1 rings (SSSR count). The number of carbonyl (C=O) groups is 1. The van der Waals surface area contributed by atoms with Gasteiger partial charge >= 0.3 is 0 Å². The van der Waals surface area contributed by atoms with E-state index in [4.69, 9.17) is 0 Å². The number of aromatic nitrogens is 1. The molecule has 0 aliphatic carbocycles. The van der Waals surface area contributed by atoms with Gasteiger partial charge in [0, 0.05) is 25.5 Å². The molecule has 66 valence electrons. The van der Waals surface area contributed by atoms with Crippen LogP contribution in [-0.2, 0) is 7.05 Å². The van der Waals surface area contributed by atoms with Crippen LogP contribution < -0.4 is 5.32 Å². The van der Waals surface area contributed by atoms with Crippen LogP contribution in [0.25, 0.3) is 0 Å². The van der Waals surface area contributed by atoms with E-state index < -0.39 is 0 Å². The van der Waals surface area contributed by atoms with Crippen molar-refractivity contribution in [2.75, 3.05) is 0 Å². The molecule has 0 bridgehead atoms. The van der Waals surface area contributed by atoms with Gasteiger partial charge in [-0.2, -0.15) is 0 Å². The van der Waals surface area contributed by atoms with Crippen molar-refractivity contribution >= 4 is 5.91 Å². The lowest BCUT2D eigenvalue weighted by atomic mass is 10.3. The Kier molecular flexibility index (Phi) is 2.53. The average Bonchev–Trinajstić information content (AvgIpc) is 2.34. The lowest BCUT2D eigenvalue weighted by Crippen LogP contribution is -2.29. The highest BCUT2D eigenvalue weighted by Gasteiger charge is 2.06. The largest absolute Gasteiger partial charge is 0.356 e. The van der Waals surface area contributed by atoms with Crippen molar-refractivity contribution in [2.45, 2.75) is 19.9 Å². The second-order valence-corrected chi connectivity index (χ2v) is 3.19. The van der Waals surface area contributed by atoms with Crippen molar-refractivity contribution in [3.63, 3.8) is 0 Å². The summed E-state index contributed by atoms with van der Waals surface area (Å²) in [7, 11) is 1.89. The molecule has 0 radical (unpaired) electrons. The minimum absolute atomic E-state index is 0.00870. The van der Waals surface area contributed by atoms with E-state index in [0.29, 0.717) is 5.56 Å². The zero-order chi connectivity index (χ0) is 9.14. The molecule has 0 aliphatic heterocycles. The van der Waals surface area contributed by atoms with E-state index >= 15 is 0 Å². The Morgan fingerprint density at radius 2 is 2.25 bits per heavy atom. The summed E-state index contributed by atoms with van der Waals surface area (Å²) in [6.07, 6.45) is 3.66. The standard InChI is InChI=1S/C9H14N2O/c1-7(2)10-9(12)8-4-5-11(3)6-8/h4-7H,1-3H3,(H,10,12). The van der Waals surface area contributed by atoms with E-state index in [9.17, 15) is 4.79 Å². The van der Waals surface area contributed by atoms with Gasteiger partial charge < -0.3 is 9.88 Å². The number of hydrogen-bond acceptors (Lipinski definition) is 1. The predicted octanol–water partition coefficient (Wildman–Crippen LogP) is 1.16. The third-order valence-corrected chi connectivity index (χ3v) is 1.51. The third-order valence-electron chi connectivity index (χ3n) is 1.51. The summed E-state index contributed by atoms with van der Waals surface area (Å²) in [5.41, 5.74) is 0.714. The van der Waals surface area contributed by atoms with Gasteiger partial charge in [-0.3, -0.25) is 4.79 Å². The summed E-state index contributed by atoms with van der Waals surface area (Å²) >= 11 is 0. The van der Waals surface area contributed by atoms with Gasteiger partial charge in [-0.25, -0.2) is 0 Å². The van der Waals surface area contributed by atoms with E-state index in [-0.39, 0.29) is 11.9 Å². The smallest absolute Gasteiger partial charge is 0.253 e. The van der Waals surface area contributed by atoms with Crippen molar-refractivity contribution in [3.05, 3.63) is 24.0 Å². The number of hydrogen-bond donors (Lipinski definition) is 1. The van der Waals surface area contributed by atoms with Crippen molar-refractivity contribution in [2.24, 2.45) is 7.05 Å². The van der Waals surface area contributed by atoms with Crippen LogP contribution in [0, 0.1) is 0 Å². The molecule has 0 unspecified atom stereocenters. The molecule has 0 saturated heterocycles. The molecule has 3 nitrogen and oxygen atoms in total. The van der Waals surface area contributed by atoms with E-state index in [1.807, 2.05) is 31.7 Å². The monoisotopic (exact) mass is 166 g/mol. The van der Waals surface area contributed by atoms with Crippen molar-refractivity contribution in [1.82, 2.24) is 9.88 Å². The van der Waals surface area contributed by atoms with Gasteiger partial charge in [0.15, 0.2) is 0 Å². The number of rotatable bonds is 2. The summed E-state index contributed by atoms with van der Waals surface area (Å²) in [6, 6.07) is 2.00. The lowest BCUT2D eigenvalue weighted by molar-refractivity contribution is 0.0943. The maximum absolute atomic E-state index is 11.3. The molecule has 0 atom stereocenters. The summed E-state index contributed by atoms with van der Waals surface area (Å²) in [4.78, 5) is 11.3. The number of nitrogens with one attached hydrogen (secondary N) is 1. The first-order chi connectivity index (χ1) is 5.59. The van der Waals surface area contributed by atoms with Crippen LogP contribution in [0.4, 0.5) is 0 Å². The highest BCUT2D eigenvalue weighted by Crippen LogP contribution is 1.99. The van der Waals surface area contributed by atoms with Crippen LogP contribution in [0.15, 0.2) is 18.5 Å². The average molecular weight is 166 g/mol. The number of carbonyl (C=O) groups excluding carboxylic acids is 1. The fraction of sp³-hybridized carbons (Fsp3) is 0.444. The Morgan fingerprint density at radius 3 is 2.67 bits per heavy atom. The van der Waals surface area contributed by atoms with E-state index in [1.165, 1.54) is 0 Å². The zero-order valence-corrected chi connectivity index (χ0v) is 7.66. The van der Waals surface area contributed by atoms with Crippen LogP contribution in [0.2, 0.25) is 0 Å². The van der Waals surface area contributed by atoms with Crippen molar-refractivity contribution in [1.29, 1.82) is 0 Å². The number of nitrogens with zero attached hydrogens (tertiary/aromatic N) is 1. The van der Waals surface area contributed by atoms with Crippen molar-refractivity contribution < 1.29 is 4.79 Å². The molecule has 0 aliphatic rings. The highest BCUT2D eigenvalue weighted by molar-refractivity contribution is 5.94. The van der Waals surface area contributed by atoms with Crippen LogP contribution in [0.1, 0.15) is 24.2 Å². The quantitative estimate of drug-likeness (QED) is 0.703. The van der Waals surface area contributed by atoms with E-state index in [1.54, 1.807) is 12.3 Å². The topological polar surface area (TPSA) is 34.0 Å². The van der Waals surface area contributed by atoms with Crippen LogP contribution in [0.3, 0.4) is 0 Å². The Balaban J connectivity index is 2.65. The van der Waals surface area contributed by atoms with Gasteiger partial charge in [-0.1, -0.05) is 0 Å². The molecule has 1 aromatic heterocycles. The maximum atomic E-state index is 11.3. The minimum atomic E-state index is -0.00870. The number of aryl methyl sites for hydroxylation is 1. The molecule has 1 aromatic rings. The fourth-order valence-corrected chi connectivity index (χ4v) is 0.983. The van der Waals surface area contributed by atoms with Gasteiger partial charge in [0.2, 0.25) is 0 Å². The Bertz CT molecular complexity index is 276. The molecule has 0 fully saturated rings. The van der Waals surface area contributed by atoms with Crippen molar-refractivity contribution in [3.8, 4) is 0 Å². The van der Waals surface area contributed by atoms with Gasteiger partial charge in [0.25, 0.3) is 5.91 Å². The van der Waals surface area contributed by atoms with Gasteiger partial charge in [0.05, 0.1) is 5.56 Å². The zero-order valence-electron chi connectivity index (χ0n) is 7.66. The Morgan fingerprint density at radius 1 is 1.58 bits per heavy atom. The first-order valence-electron chi connectivity index (χ1n) is 4.02. The van der Waals surface area contributed by atoms with Crippen LogP contribution in [-0.4, -0.2) is 16.5 Å². The first kappa shape index (κ1) is 8.84. The molecule has 1 heterocycles. The molecule has 0 spiro atoms.